The van der Waals surface area contributed by atoms with E-state index < -0.39 is 20.0 Å². The smallest absolute Gasteiger partial charge is 0.268 e. The van der Waals surface area contributed by atoms with Crippen LogP contribution in [0.1, 0.15) is 213 Å². The molecule has 0 fully saturated rings. The van der Waals surface area contributed by atoms with Crippen molar-refractivity contribution in [2.45, 2.75) is 225 Å². The zero-order valence-corrected chi connectivity index (χ0v) is 35.5. The van der Waals surface area contributed by atoms with Gasteiger partial charge in [0, 0.05) is 6.42 Å². The Bertz CT molecular complexity index is 809. The van der Waals surface area contributed by atoms with E-state index in [9.17, 15) is 19.4 Å². The van der Waals surface area contributed by atoms with Crippen molar-refractivity contribution < 1.29 is 32.9 Å². The number of aliphatic hydroxyl groups is 1. The number of phosphoric acid groups is 1. The second kappa shape index (κ2) is 35.2. The van der Waals surface area contributed by atoms with E-state index >= 15 is 0 Å². The summed E-state index contributed by atoms with van der Waals surface area (Å²) in [5.41, 5.74) is 0. The minimum atomic E-state index is -4.54. The molecule has 0 rings (SSSR count). The van der Waals surface area contributed by atoms with Gasteiger partial charge in [-0.25, -0.2) is 0 Å². The number of nitrogens with zero attached hydrogens (tertiary/aromatic N) is 1. The normalized spacial score (nSPS) is 14.4. The third-order valence-corrected chi connectivity index (χ3v) is 11.1. The number of carbonyl (C=O) groups is 1. The van der Waals surface area contributed by atoms with Gasteiger partial charge in [0.15, 0.2) is 0 Å². The van der Waals surface area contributed by atoms with Crippen LogP contribution in [0.2, 0.25) is 0 Å². The lowest BCUT2D eigenvalue weighted by atomic mass is 10.0. The number of hydrogen-bond donors (Lipinski definition) is 2. The van der Waals surface area contributed by atoms with Crippen LogP contribution in [0.5, 0.6) is 0 Å². The average Bonchev–Trinajstić information content (AvgIpc) is 3.07. The van der Waals surface area contributed by atoms with Gasteiger partial charge in [-0.3, -0.25) is 9.36 Å². The summed E-state index contributed by atoms with van der Waals surface area (Å²) >= 11 is 0. The largest absolute Gasteiger partial charge is 0.756 e. The van der Waals surface area contributed by atoms with E-state index in [4.69, 9.17) is 9.05 Å². The van der Waals surface area contributed by atoms with Gasteiger partial charge in [0.2, 0.25) is 5.91 Å². The molecule has 3 unspecified atom stereocenters. The average molecular weight is 747 g/mol. The Labute approximate surface area is 317 Å². The lowest BCUT2D eigenvalue weighted by Gasteiger charge is -2.30. The van der Waals surface area contributed by atoms with Crippen LogP contribution in [-0.4, -0.2) is 68.5 Å². The van der Waals surface area contributed by atoms with Crippen molar-refractivity contribution in [3.63, 3.8) is 0 Å². The molecule has 9 heteroatoms. The van der Waals surface area contributed by atoms with Gasteiger partial charge < -0.3 is 28.8 Å². The molecule has 0 heterocycles. The molecule has 0 aliphatic rings. The summed E-state index contributed by atoms with van der Waals surface area (Å²) in [5.74, 6) is -0.167. The van der Waals surface area contributed by atoms with E-state index in [0.29, 0.717) is 23.9 Å². The van der Waals surface area contributed by atoms with Gasteiger partial charge in [0.05, 0.1) is 39.9 Å². The van der Waals surface area contributed by atoms with E-state index in [1.54, 1.807) is 0 Å². The van der Waals surface area contributed by atoms with E-state index in [1.165, 1.54) is 135 Å². The number of rotatable bonds is 40. The maximum absolute atomic E-state index is 12.7. The first-order chi connectivity index (χ1) is 24.5. The summed E-state index contributed by atoms with van der Waals surface area (Å²) in [4.78, 5) is 25.1. The minimum Gasteiger partial charge on any atom is -0.756 e. The molecule has 3 atom stereocenters. The van der Waals surface area contributed by atoms with Crippen molar-refractivity contribution in [3.8, 4) is 0 Å². The van der Waals surface area contributed by atoms with Gasteiger partial charge in [-0.05, 0) is 12.8 Å². The summed E-state index contributed by atoms with van der Waals surface area (Å²) in [5, 5.41) is 13.7. The molecule has 0 aliphatic heterocycles. The van der Waals surface area contributed by atoms with Crippen molar-refractivity contribution >= 4 is 13.7 Å². The first-order valence-electron chi connectivity index (χ1n) is 21.9. The second-order valence-corrected chi connectivity index (χ2v) is 17.8. The number of nitrogens with one attached hydrogen (secondary N) is 1. The molecule has 51 heavy (non-hydrogen) atoms. The highest BCUT2D eigenvalue weighted by Crippen LogP contribution is 2.38. The Morgan fingerprint density at radius 1 is 0.608 bits per heavy atom. The SMILES string of the molecule is CCCCCCCCCCCCCCCCCCCCCCCCCCC(=O)NC(COP(=O)([O-])OCC[N+](C)(C)C)C(O)CCCCCCC. The molecule has 0 aliphatic carbocycles. The number of aliphatic hydroxyl groups excluding tert-OH is 1. The number of carbonyl (C=O) groups excluding carboxylic acids is 1. The van der Waals surface area contributed by atoms with Crippen LogP contribution in [-0.2, 0) is 18.4 Å². The van der Waals surface area contributed by atoms with E-state index in [-0.39, 0.29) is 19.1 Å². The van der Waals surface area contributed by atoms with Crippen LogP contribution in [0.15, 0.2) is 0 Å². The number of phosphoric ester groups is 1. The molecule has 1 amide bonds. The predicted molar refractivity (Wildman–Crippen MR) is 215 cm³/mol. The van der Waals surface area contributed by atoms with Gasteiger partial charge in [-0.2, -0.15) is 0 Å². The molecule has 0 bridgehead atoms. The van der Waals surface area contributed by atoms with Crippen LogP contribution >= 0.6 is 7.82 Å². The summed E-state index contributed by atoms with van der Waals surface area (Å²) in [7, 11) is 1.31. The molecule has 8 nitrogen and oxygen atoms in total. The van der Waals surface area contributed by atoms with Gasteiger partial charge in [-0.1, -0.05) is 194 Å². The number of likely N-dealkylation sites (N-methyl/N-ethyl adjacent to an activating group) is 1. The Kier molecular flexibility index (Phi) is 34.9. The predicted octanol–water partition coefficient (Wildman–Crippen LogP) is 11.2. The van der Waals surface area contributed by atoms with Crippen molar-refractivity contribution in [1.82, 2.24) is 5.32 Å². The molecule has 0 saturated carbocycles. The van der Waals surface area contributed by atoms with Gasteiger partial charge in [-0.15, -0.1) is 0 Å². The number of hydrogen-bond acceptors (Lipinski definition) is 6. The van der Waals surface area contributed by atoms with Crippen LogP contribution in [0.25, 0.3) is 0 Å². The highest BCUT2D eigenvalue weighted by Gasteiger charge is 2.24. The Morgan fingerprint density at radius 3 is 1.33 bits per heavy atom. The molecular weight excluding hydrogens is 659 g/mol. The zero-order chi connectivity index (χ0) is 37.9. The second-order valence-electron chi connectivity index (χ2n) is 16.4. The Hall–Kier alpha value is -0.500. The Balaban J connectivity index is 3.94. The molecule has 0 spiro atoms. The minimum absolute atomic E-state index is 0.0147. The standard InChI is InChI=1S/C42H87N2O6P/c1-6-8-10-12-13-14-15-16-17-18-19-20-21-22-23-24-25-26-27-28-29-30-32-34-36-42(46)43-40(41(45)35-33-31-11-9-7-2)39-50-51(47,48)49-38-37-44(3,4)5/h40-41,45H,6-39H2,1-5H3,(H-,43,46,47,48). The molecule has 0 aromatic carbocycles. The van der Waals surface area contributed by atoms with Crippen molar-refractivity contribution in [3.05, 3.63) is 0 Å². The monoisotopic (exact) mass is 747 g/mol. The molecule has 306 valence electrons. The van der Waals surface area contributed by atoms with Crippen molar-refractivity contribution in [2.75, 3.05) is 40.9 Å². The number of amides is 1. The van der Waals surface area contributed by atoms with Crippen LogP contribution in [0, 0.1) is 0 Å². The zero-order valence-electron chi connectivity index (χ0n) is 34.6. The fraction of sp³-hybridized carbons (Fsp3) is 0.976. The van der Waals surface area contributed by atoms with Crippen molar-refractivity contribution in [2.24, 2.45) is 0 Å². The van der Waals surface area contributed by atoms with E-state index in [1.807, 2.05) is 21.1 Å². The van der Waals surface area contributed by atoms with E-state index in [0.717, 1.165) is 51.4 Å². The summed E-state index contributed by atoms with van der Waals surface area (Å²) in [6, 6.07) is -0.790. The van der Waals surface area contributed by atoms with Gasteiger partial charge in [0.1, 0.15) is 13.2 Å². The highest BCUT2D eigenvalue weighted by molar-refractivity contribution is 7.45. The molecule has 0 saturated heterocycles. The quantitative estimate of drug-likeness (QED) is 0.0367. The third kappa shape index (κ3) is 37.6. The fourth-order valence-corrected chi connectivity index (χ4v) is 7.29. The topological polar surface area (TPSA) is 108 Å². The lowest BCUT2D eigenvalue weighted by Crippen LogP contribution is -2.46. The fourth-order valence-electron chi connectivity index (χ4n) is 6.57. The van der Waals surface area contributed by atoms with Gasteiger partial charge in [0.25, 0.3) is 7.82 Å². The van der Waals surface area contributed by atoms with Gasteiger partial charge >= 0.3 is 0 Å². The summed E-state index contributed by atoms with van der Waals surface area (Å²) in [6.07, 6.45) is 37.3. The van der Waals surface area contributed by atoms with E-state index in [2.05, 4.69) is 19.2 Å². The van der Waals surface area contributed by atoms with Crippen LogP contribution < -0.4 is 10.2 Å². The first kappa shape index (κ1) is 50.5. The third-order valence-electron chi connectivity index (χ3n) is 10.1. The maximum Gasteiger partial charge on any atom is 0.268 e. The number of unbranched alkanes of at least 4 members (excludes halogenated alkanes) is 27. The molecular formula is C42H87N2O6P. The van der Waals surface area contributed by atoms with Crippen molar-refractivity contribution in [1.29, 1.82) is 0 Å². The molecule has 2 N–H and O–H groups in total. The lowest BCUT2D eigenvalue weighted by molar-refractivity contribution is -0.870. The molecule has 0 aromatic rings. The van der Waals surface area contributed by atoms with Crippen LogP contribution in [0.4, 0.5) is 0 Å². The van der Waals surface area contributed by atoms with Crippen LogP contribution in [0.3, 0.4) is 0 Å². The molecule has 0 aromatic heterocycles. The summed E-state index contributed by atoms with van der Waals surface area (Å²) in [6.45, 7) is 4.64. The Morgan fingerprint density at radius 2 is 0.961 bits per heavy atom. The summed E-state index contributed by atoms with van der Waals surface area (Å²) < 4.78 is 23.0. The first-order valence-corrected chi connectivity index (χ1v) is 23.3. The molecule has 0 radical (unpaired) electrons. The maximum atomic E-state index is 12.7. The number of quaternary nitrogens is 1. The highest BCUT2D eigenvalue weighted by atomic mass is 31.2.